The molecule has 0 aliphatic carbocycles. The first-order chi connectivity index (χ1) is 12.1. The van der Waals surface area contributed by atoms with Crippen LogP contribution >= 0.6 is 12.2 Å². The van der Waals surface area contributed by atoms with E-state index < -0.39 is 0 Å². The van der Waals surface area contributed by atoms with Gasteiger partial charge in [-0.3, -0.25) is 5.10 Å². The number of aromatic nitrogens is 3. The number of piperidine rings is 1. The SMILES string of the molecule is CC(C)n1c(C2CCN(C(=O)OCc3ccccc3)CC2)n[nH]c1=S. The van der Waals surface area contributed by atoms with Crippen LogP contribution in [0.3, 0.4) is 0 Å². The molecule has 0 bridgehead atoms. The molecular formula is C18H24N4O2S. The van der Waals surface area contributed by atoms with Crippen molar-refractivity contribution in [3.8, 4) is 0 Å². The molecule has 1 amide bonds. The van der Waals surface area contributed by atoms with E-state index in [1.165, 1.54) is 0 Å². The predicted molar refractivity (Wildman–Crippen MR) is 98.0 cm³/mol. The van der Waals surface area contributed by atoms with E-state index in [0.29, 0.717) is 30.4 Å². The predicted octanol–water partition coefficient (Wildman–Crippen LogP) is 4.04. The summed E-state index contributed by atoms with van der Waals surface area (Å²) in [5.41, 5.74) is 0.998. The van der Waals surface area contributed by atoms with Gasteiger partial charge in [-0.15, -0.1) is 0 Å². The molecule has 1 aromatic carbocycles. The summed E-state index contributed by atoms with van der Waals surface area (Å²) in [5, 5.41) is 7.32. The number of nitrogens with zero attached hydrogens (tertiary/aromatic N) is 3. The Morgan fingerprint density at radius 2 is 2.00 bits per heavy atom. The first-order valence-corrected chi connectivity index (χ1v) is 9.09. The number of nitrogens with one attached hydrogen (secondary N) is 1. The van der Waals surface area contributed by atoms with E-state index in [9.17, 15) is 4.79 Å². The van der Waals surface area contributed by atoms with Gasteiger partial charge in [-0.1, -0.05) is 30.3 Å². The average molecular weight is 360 g/mol. The highest BCUT2D eigenvalue weighted by Gasteiger charge is 2.28. The highest BCUT2D eigenvalue weighted by Crippen LogP contribution is 2.28. The number of amides is 1. The lowest BCUT2D eigenvalue weighted by molar-refractivity contribution is 0.0863. The van der Waals surface area contributed by atoms with Gasteiger partial charge in [0.2, 0.25) is 0 Å². The fourth-order valence-corrected chi connectivity index (χ4v) is 3.58. The zero-order valence-corrected chi connectivity index (χ0v) is 15.5. The van der Waals surface area contributed by atoms with Crippen molar-refractivity contribution in [2.45, 2.75) is 45.3 Å². The van der Waals surface area contributed by atoms with Crippen LogP contribution in [0.15, 0.2) is 30.3 Å². The summed E-state index contributed by atoms with van der Waals surface area (Å²) >= 11 is 5.32. The second-order valence-electron chi connectivity index (χ2n) is 6.65. The van der Waals surface area contributed by atoms with Crippen molar-refractivity contribution in [1.29, 1.82) is 0 Å². The Labute approximate surface area is 152 Å². The van der Waals surface area contributed by atoms with Crippen LogP contribution in [0.5, 0.6) is 0 Å². The molecule has 1 aliphatic rings. The van der Waals surface area contributed by atoms with Gasteiger partial charge in [-0.05, 0) is 44.5 Å². The Morgan fingerprint density at radius 1 is 1.32 bits per heavy atom. The van der Waals surface area contributed by atoms with Crippen molar-refractivity contribution in [2.75, 3.05) is 13.1 Å². The maximum absolute atomic E-state index is 12.3. The molecule has 7 heteroatoms. The van der Waals surface area contributed by atoms with E-state index in [4.69, 9.17) is 17.0 Å². The smallest absolute Gasteiger partial charge is 0.410 e. The number of rotatable bonds is 4. The molecule has 134 valence electrons. The fourth-order valence-electron chi connectivity index (χ4n) is 3.23. The summed E-state index contributed by atoms with van der Waals surface area (Å²) in [6.45, 7) is 5.87. The first-order valence-electron chi connectivity index (χ1n) is 8.68. The zero-order chi connectivity index (χ0) is 17.8. The topological polar surface area (TPSA) is 63.1 Å². The van der Waals surface area contributed by atoms with Crippen LogP contribution in [0.2, 0.25) is 0 Å². The van der Waals surface area contributed by atoms with Gasteiger partial charge in [0.25, 0.3) is 0 Å². The highest BCUT2D eigenvalue weighted by molar-refractivity contribution is 7.71. The summed E-state index contributed by atoms with van der Waals surface area (Å²) in [7, 11) is 0. The number of carbonyl (C=O) groups is 1. The Hall–Kier alpha value is -2.15. The number of likely N-dealkylation sites (tertiary alicyclic amines) is 1. The lowest BCUT2D eigenvalue weighted by Gasteiger charge is -2.31. The summed E-state index contributed by atoms with van der Waals surface area (Å²) in [5.74, 6) is 1.31. The van der Waals surface area contributed by atoms with Crippen LogP contribution in [0.25, 0.3) is 0 Å². The molecule has 1 N–H and O–H groups in total. The minimum absolute atomic E-state index is 0.245. The van der Waals surface area contributed by atoms with Crippen LogP contribution in [0.4, 0.5) is 4.79 Å². The number of H-pyrrole nitrogens is 1. The van der Waals surface area contributed by atoms with Crippen LogP contribution in [0, 0.1) is 4.77 Å². The largest absolute Gasteiger partial charge is 0.445 e. The second-order valence-corrected chi connectivity index (χ2v) is 7.04. The Bertz CT molecular complexity index is 761. The third-order valence-corrected chi connectivity index (χ3v) is 4.86. The molecule has 0 spiro atoms. The van der Waals surface area contributed by atoms with Gasteiger partial charge in [0, 0.05) is 25.0 Å². The Balaban J connectivity index is 1.55. The molecule has 0 radical (unpaired) electrons. The number of hydrogen-bond acceptors (Lipinski definition) is 4. The van der Waals surface area contributed by atoms with Crippen molar-refractivity contribution in [3.05, 3.63) is 46.5 Å². The normalized spacial score (nSPS) is 15.6. The molecular weight excluding hydrogens is 336 g/mol. The van der Waals surface area contributed by atoms with Gasteiger partial charge in [0.1, 0.15) is 12.4 Å². The highest BCUT2D eigenvalue weighted by atomic mass is 32.1. The van der Waals surface area contributed by atoms with Gasteiger partial charge in [0.05, 0.1) is 0 Å². The van der Waals surface area contributed by atoms with Crippen molar-refractivity contribution in [2.24, 2.45) is 0 Å². The summed E-state index contributed by atoms with van der Waals surface area (Å²) in [4.78, 5) is 14.0. The van der Waals surface area contributed by atoms with E-state index in [2.05, 4.69) is 28.6 Å². The van der Waals surface area contributed by atoms with Crippen LogP contribution in [0.1, 0.15) is 50.0 Å². The van der Waals surface area contributed by atoms with Crippen molar-refractivity contribution in [3.63, 3.8) is 0 Å². The molecule has 1 saturated heterocycles. The van der Waals surface area contributed by atoms with Gasteiger partial charge in [0.15, 0.2) is 4.77 Å². The van der Waals surface area contributed by atoms with E-state index in [-0.39, 0.29) is 12.1 Å². The molecule has 1 aromatic heterocycles. The molecule has 1 aliphatic heterocycles. The first kappa shape index (κ1) is 17.7. The molecule has 1 fully saturated rings. The Kier molecular flexibility index (Phi) is 5.53. The zero-order valence-electron chi connectivity index (χ0n) is 14.6. The molecule has 6 nitrogen and oxygen atoms in total. The van der Waals surface area contributed by atoms with E-state index in [0.717, 1.165) is 24.2 Å². The third kappa shape index (κ3) is 4.10. The van der Waals surface area contributed by atoms with Crippen molar-refractivity contribution >= 4 is 18.3 Å². The summed E-state index contributed by atoms with van der Waals surface area (Å²) in [6, 6.07) is 10.0. The van der Waals surface area contributed by atoms with Crippen molar-refractivity contribution < 1.29 is 9.53 Å². The quantitative estimate of drug-likeness (QED) is 0.836. The molecule has 0 saturated carbocycles. The molecule has 2 heterocycles. The second kappa shape index (κ2) is 7.82. The number of ether oxygens (including phenoxy) is 1. The standard InChI is InChI=1S/C18H24N4O2S/c1-13(2)22-16(19-20-17(22)25)15-8-10-21(11-9-15)18(23)24-12-14-6-4-3-5-7-14/h3-7,13,15H,8-12H2,1-2H3,(H,20,25). The van der Waals surface area contributed by atoms with Gasteiger partial charge < -0.3 is 14.2 Å². The number of hydrogen-bond donors (Lipinski definition) is 1. The third-order valence-electron chi connectivity index (χ3n) is 4.57. The van der Waals surface area contributed by atoms with Crippen LogP contribution in [-0.2, 0) is 11.3 Å². The minimum Gasteiger partial charge on any atom is -0.445 e. The maximum Gasteiger partial charge on any atom is 0.410 e. The molecule has 3 rings (SSSR count). The molecule has 0 atom stereocenters. The van der Waals surface area contributed by atoms with E-state index >= 15 is 0 Å². The van der Waals surface area contributed by atoms with E-state index in [1.807, 2.05) is 30.3 Å². The summed E-state index contributed by atoms with van der Waals surface area (Å²) < 4.78 is 8.15. The van der Waals surface area contributed by atoms with Gasteiger partial charge in [-0.25, -0.2) is 4.79 Å². The number of benzene rings is 1. The van der Waals surface area contributed by atoms with Crippen LogP contribution in [-0.4, -0.2) is 38.8 Å². The molecule has 2 aromatic rings. The van der Waals surface area contributed by atoms with Gasteiger partial charge >= 0.3 is 6.09 Å². The fraction of sp³-hybridized carbons (Fsp3) is 0.500. The summed E-state index contributed by atoms with van der Waals surface area (Å²) in [6.07, 6.45) is 1.49. The monoisotopic (exact) mass is 360 g/mol. The average Bonchev–Trinajstić information content (AvgIpc) is 3.02. The number of carbonyl (C=O) groups excluding carboxylic acids is 1. The van der Waals surface area contributed by atoms with Crippen molar-refractivity contribution in [1.82, 2.24) is 19.7 Å². The lowest BCUT2D eigenvalue weighted by atomic mass is 9.96. The van der Waals surface area contributed by atoms with Crippen LogP contribution < -0.4 is 0 Å². The lowest BCUT2D eigenvalue weighted by Crippen LogP contribution is -2.38. The maximum atomic E-state index is 12.3. The minimum atomic E-state index is -0.245. The van der Waals surface area contributed by atoms with E-state index in [1.54, 1.807) is 4.90 Å². The molecule has 0 unspecified atom stereocenters. The number of aromatic amines is 1. The van der Waals surface area contributed by atoms with Gasteiger partial charge in [-0.2, -0.15) is 5.10 Å². The Morgan fingerprint density at radius 3 is 2.64 bits per heavy atom. The molecule has 25 heavy (non-hydrogen) atoms.